The van der Waals surface area contributed by atoms with Gasteiger partial charge in [-0.15, -0.1) is 0 Å². The minimum atomic E-state index is -0.549. The first-order valence-electron chi connectivity index (χ1n) is 6.26. The SMILES string of the molecule is CCOC(=O)c1cnc(Cl)nc1Nc1ccc(N=[N+]=[N-])cc1. The fourth-order valence-corrected chi connectivity index (χ4v) is 1.75. The van der Waals surface area contributed by atoms with E-state index < -0.39 is 5.97 Å². The highest BCUT2D eigenvalue weighted by Crippen LogP contribution is 2.23. The van der Waals surface area contributed by atoms with Gasteiger partial charge in [0.15, 0.2) is 0 Å². The highest BCUT2D eigenvalue weighted by atomic mass is 35.5. The largest absolute Gasteiger partial charge is 0.462 e. The van der Waals surface area contributed by atoms with E-state index in [-0.39, 0.29) is 23.3 Å². The van der Waals surface area contributed by atoms with Crippen molar-refractivity contribution in [2.75, 3.05) is 11.9 Å². The maximum absolute atomic E-state index is 11.9. The zero-order valence-corrected chi connectivity index (χ0v) is 12.3. The van der Waals surface area contributed by atoms with E-state index in [4.69, 9.17) is 21.9 Å². The van der Waals surface area contributed by atoms with Gasteiger partial charge in [0, 0.05) is 22.5 Å². The van der Waals surface area contributed by atoms with Gasteiger partial charge in [-0.3, -0.25) is 0 Å². The highest BCUT2D eigenvalue weighted by Gasteiger charge is 2.15. The summed E-state index contributed by atoms with van der Waals surface area (Å²) in [6.07, 6.45) is 1.30. The van der Waals surface area contributed by atoms with Gasteiger partial charge in [-0.1, -0.05) is 17.2 Å². The molecule has 112 valence electrons. The molecule has 1 heterocycles. The molecule has 0 unspecified atom stereocenters. The van der Waals surface area contributed by atoms with Gasteiger partial charge in [0.25, 0.3) is 0 Å². The van der Waals surface area contributed by atoms with Gasteiger partial charge in [-0.25, -0.2) is 9.78 Å². The van der Waals surface area contributed by atoms with Gasteiger partial charge in [0.1, 0.15) is 11.4 Å². The molecule has 1 aromatic heterocycles. The summed E-state index contributed by atoms with van der Waals surface area (Å²) in [7, 11) is 0. The van der Waals surface area contributed by atoms with Crippen LogP contribution < -0.4 is 5.32 Å². The van der Waals surface area contributed by atoms with Gasteiger partial charge in [0.2, 0.25) is 5.28 Å². The van der Waals surface area contributed by atoms with Crippen LogP contribution in [0.3, 0.4) is 0 Å². The lowest BCUT2D eigenvalue weighted by atomic mass is 10.2. The molecule has 0 fully saturated rings. The van der Waals surface area contributed by atoms with Gasteiger partial charge in [0.05, 0.1) is 6.61 Å². The van der Waals surface area contributed by atoms with Crippen molar-refractivity contribution in [1.29, 1.82) is 0 Å². The van der Waals surface area contributed by atoms with Crippen molar-refractivity contribution < 1.29 is 9.53 Å². The average Bonchev–Trinajstić information content (AvgIpc) is 2.50. The van der Waals surface area contributed by atoms with Crippen LogP contribution in [0.2, 0.25) is 5.28 Å². The molecule has 1 N–H and O–H groups in total. The third-order valence-corrected chi connectivity index (χ3v) is 2.73. The van der Waals surface area contributed by atoms with Crippen LogP contribution in [0.25, 0.3) is 10.4 Å². The third-order valence-electron chi connectivity index (χ3n) is 2.54. The fourth-order valence-electron chi connectivity index (χ4n) is 1.61. The van der Waals surface area contributed by atoms with E-state index in [1.54, 1.807) is 31.2 Å². The Labute approximate surface area is 130 Å². The Morgan fingerprint density at radius 3 is 2.82 bits per heavy atom. The molecule has 0 radical (unpaired) electrons. The number of esters is 1. The second-order valence-electron chi connectivity index (χ2n) is 3.98. The quantitative estimate of drug-likeness (QED) is 0.294. The second-order valence-corrected chi connectivity index (χ2v) is 4.32. The molecule has 0 aliphatic heterocycles. The Morgan fingerprint density at radius 1 is 1.45 bits per heavy atom. The smallest absolute Gasteiger partial charge is 0.343 e. The summed E-state index contributed by atoms with van der Waals surface area (Å²) in [5.41, 5.74) is 9.64. The summed E-state index contributed by atoms with van der Waals surface area (Å²) in [5, 5.41) is 6.42. The average molecular weight is 319 g/mol. The normalized spacial score (nSPS) is 9.73. The van der Waals surface area contributed by atoms with Crippen molar-refractivity contribution in [3.63, 3.8) is 0 Å². The molecule has 0 aliphatic carbocycles. The van der Waals surface area contributed by atoms with Crippen LogP contribution in [-0.2, 0) is 4.74 Å². The summed E-state index contributed by atoms with van der Waals surface area (Å²) in [6, 6.07) is 6.59. The van der Waals surface area contributed by atoms with Crippen LogP contribution in [-0.4, -0.2) is 22.5 Å². The number of hydrogen-bond acceptors (Lipinski definition) is 6. The second kappa shape index (κ2) is 7.26. The first-order valence-corrected chi connectivity index (χ1v) is 6.63. The van der Waals surface area contributed by atoms with E-state index in [9.17, 15) is 4.79 Å². The molecule has 0 saturated heterocycles. The first kappa shape index (κ1) is 15.6. The molecule has 1 aromatic carbocycles. The predicted octanol–water partition coefficient (Wildman–Crippen LogP) is 3.99. The molecule has 0 aliphatic rings. The molecular formula is C13H11ClN6O2. The van der Waals surface area contributed by atoms with Crippen LogP contribution in [0.15, 0.2) is 35.6 Å². The third kappa shape index (κ3) is 3.85. The monoisotopic (exact) mass is 318 g/mol. The molecule has 0 amide bonds. The van der Waals surface area contributed by atoms with E-state index >= 15 is 0 Å². The number of ether oxygens (including phenoxy) is 1. The van der Waals surface area contributed by atoms with Crippen molar-refractivity contribution in [1.82, 2.24) is 9.97 Å². The van der Waals surface area contributed by atoms with Crippen LogP contribution >= 0.6 is 11.6 Å². The molecule has 0 bridgehead atoms. The number of carbonyl (C=O) groups is 1. The minimum absolute atomic E-state index is 0.00116. The molecule has 0 spiro atoms. The highest BCUT2D eigenvalue weighted by molar-refractivity contribution is 6.28. The Kier molecular flexibility index (Phi) is 5.13. The predicted molar refractivity (Wildman–Crippen MR) is 81.5 cm³/mol. The number of carbonyl (C=O) groups excluding carboxylic acids is 1. The van der Waals surface area contributed by atoms with Gasteiger partial charge in [-0.2, -0.15) is 4.98 Å². The maximum atomic E-state index is 11.9. The topological polar surface area (TPSA) is 113 Å². The number of hydrogen-bond donors (Lipinski definition) is 1. The Morgan fingerprint density at radius 2 is 2.18 bits per heavy atom. The van der Waals surface area contributed by atoms with Crippen LogP contribution in [0.5, 0.6) is 0 Å². The standard InChI is InChI=1S/C13H11ClN6O2/c1-2-22-12(21)10-7-16-13(14)18-11(10)17-8-3-5-9(6-4-8)19-20-15/h3-7H,2H2,1H3,(H,16,17,18). The van der Waals surface area contributed by atoms with Crippen LogP contribution in [0.4, 0.5) is 17.2 Å². The lowest BCUT2D eigenvalue weighted by Crippen LogP contribution is -2.10. The zero-order valence-electron chi connectivity index (χ0n) is 11.5. The molecule has 2 aromatic rings. The number of nitrogens with zero attached hydrogens (tertiary/aromatic N) is 5. The summed E-state index contributed by atoms with van der Waals surface area (Å²) in [5.74, 6) is -0.317. The summed E-state index contributed by atoms with van der Waals surface area (Å²) < 4.78 is 4.94. The molecule has 9 heteroatoms. The number of nitrogens with one attached hydrogen (secondary N) is 1. The number of azide groups is 1. The van der Waals surface area contributed by atoms with Crippen molar-refractivity contribution in [2.45, 2.75) is 6.92 Å². The number of rotatable bonds is 5. The summed E-state index contributed by atoms with van der Waals surface area (Å²) in [4.78, 5) is 22.3. The van der Waals surface area contributed by atoms with Gasteiger partial charge in [-0.05, 0) is 36.2 Å². The molecule has 0 atom stereocenters. The van der Waals surface area contributed by atoms with Gasteiger partial charge < -0.3 is 10.1 Å². The summed E-state index contributed by atoms with van der Waals surface area (Å²) >= 11 is 5.76. The fraction of sp³-hybridized carbons (Fsp3) is 0.154. The Bertz CT molecular complexity index is 728. The van der Waals surface area contributed by atoms with E-state index in [2.05, 4.69) is 25.3 Å². The Hall–Kier alpha value is -2.83. The summed E-state index contributed by atoms with van der Waals surface area (Å²) in [6.45, 7) is 1.94. The van der Waals surface area contributed by atoms with Crippen molar-refractivity contribution >= 4 is 34.8 Å². The van der Waals surface area contributed by atoms with E-state index in [1.807, 2.05) is 0 Å². The molecular weight excluding hydrogens is 308 g/mol. The van der Waals surface area contributed by atoms with E-state index in [0.29, 0.717) is 11.4 Å². The van der Waals surface area contributed by atoms with Crippen molar-refractivity contribution in [3.8, 4) is 0 Å². The Balaban J connectivity index is 2.29. The first-order chi connectivity index (χ1) is 10.6. The number of halogens is 1. The zero-order chi connectivity index (χ0) is 15.9. The lowest BCUT2D eigenvalue weighted by Gasteiger charge is -2.10. The number of benzene rings is 1. The van der Waals surface area contributed by atoms with Gasteiger partial charge >= 0.3 is 5.97 Å². The van der Waals surface area contributed by atoms with E-state index in [0.717, 1.165) is 0 Å². The van der Waals surface area contributed by atoms with E-state index in [1.165, 1.54) is 6.20 Å². The van der Waals surface area contributed by atoms with Crippen LogP contribution in [0, 0.1) is 0 Å². The van der Waals surface area contributed by atoms with Crippen LogP contribution in [0.1, 0.15) is 17.3 Å². The molecule has 0 saturated carbocycles. The molecule has 8 nitrogen and oxygen atoms in total. The number of anilines is 2. The minimum Gasteiger partial charge on any atom is -0.462 e. The molecule has 2 rings (SSSR count). The van der Waals surface area contributed by atoms with Crippen molar-refractivity contribution in [3.05, 3.63) is 51.8 Å². The number of aromatic nitrogens is 2. The van der Waals surface area contributed by atoms with Crippen molar-refractivity contribution in [2.24, 2.45) is 5.11 Å². The molecule has 22 heavy (non-hydrogen) atoms. The maximum Gasteiger partial charge on any atom is 0.343 e. The lowest BCUT2D eigenvalue weighted by molar-refractivity contribution is 0.0526.